The minimum atomic E-state index is 0.424. The molecule has 1 amide bonds. The van der Waals surface area contributed by atoms with Crippen molar-refractivity contribution in [2.24, 2.45) is 5.92 Å². The smallest absolute Gasteiger partial charge is 0.225 e. The predicted molar refractivity (Wildman–Crippen MR) is 54.4 cm³/mol. The highest BCUT2D eigenvalue weighted by atomic mass is 16.2. The van der Waals surface area contributed by atoms with Crippen LogP contribution in [0.3, 0.4) is 0 Å². The maximum absolute atomic E-state index is 11.5. The van der Waals surface area contributed by atoms with Gasteiger partial charge in [0, 0.05) is 19.0 Å². The van der Waals surface area contributed by atoms with Crippen molar-refractivity contribution in [2.45, 2.75) is 32.1 Å². The monoisotopic (exact) mass is 181 g/mol. The van der Waals surface area contributed by atoms with Gasteiger partial charge in [-0.05, 0) is 32.1 Å². The molecule has 0 spiro atoms. The molecule has 0 aromatic carbocycles. The third-order valence-corrected chi connectivity index (χ3v) is 2.59. The highest BCUT2D eigenvalue weighted by Crippen LogP contribution is 2.31. The van der Waals surface area contributed by atoms with Crippen LogP contribution in [0.25, 0.3) is 0 Å². The summed E-state index contributed by atoms with van der Waals surface area (Å²) in [5.74, 6) is 0.859. The molecule has 1 saturated carbocycles. The molecule has 0 aromatic rings. The Morgan fingerprint density at radius 1 is 1.08 bits per heavy atom. The molecule has 2 fully saturated rings. The average Bonchev–Trinajstić information content (AvgIpc) is 3.05. The molecule has 0 N–H and O–H groups in total. The molecule has 1 heterocycles. The lowest BCUT2D eigenvalue weighted by molar-refractivity contribution is -0.133. The molecular weight excluding hydrogens is 162 g/mol. The van der Waals surface area contributed by atoms with Crippen molar-refractivity contribution >= 4 is 5.91 Å². The number of rotatable bonds is 1. The fraction of sp³-hybridized carbons (Fsp3) is 0.727. The Morgan fingerprint density at radius 3 is 2.08 bits per heavy atom. The number of carbonyl (C=O) groups excluding carboxylic acids is 1. The molecule has 2 nitrogen and oxygen atoms in total. The minimum Gasteiger partial charge on any atom is -0.342 e. The van der Waals surface area contributed by atoms with Gasteiger partial charge in [0.1, 0.15) is 0 Å². The first kappa shape index (κ1) is 10.3. The molecule has 2 heteroatoms. The van der Waals surface area contributed by atoms with Crippen molar-refractivity contribution in [2.75, 3.05) is 13.1 Å². The number of carbonyl (C=O) groups is 1. The Kier molecular flexibility index (Phi) is 4.00. The summed E-state index contributed by atoms with van der Waals surface area (Å²) in [7, 11) is 0. The van der Waals surface area contributed by atoms with Crippen LogP contribution in [-0.2, 0) is 4.79 Å². The van der Waals surface area contributed by atoms with Crippen molar-refractivity contribution in [1.29, 1.82) is 0 Å². The second-order valence-corrected chi connectivity index (χ2v) is 3.66. The summed E-state index contributed by atoms with van der Waals surface area (Å²) < 4.78 is 0. The first-order valence-corrected chi connectivity index (χ1v) is 5.17. The normalized spacial score (nSPS) is 21.7. The van der Waals surface area contributed by atoms with E-state index in [4.69, 9.17) is 0 Å². The Labute approximate surface area is 80.6 Å². The first-order chi connectivity index (χ1) is 6.38. The van der Waals surface area contributed by atoms with Gasteiger partial charge in [-0.15, -0.1) is 13.2 Å². The van der Waals surface area contributed by atoms with Gasteiger partial charge in [0.15, 0.2) is 0 Å². The summed E-state index contributed by atoms with van der Waals surface area (Å²) in [4.78, 5) is 13.5. The SMILES string of the molecule is C=C.O=C(C1CC1)N1CCCCC1. The fourth-order valence-corrected chi connectivity index (χ4v) is 1.70. The zero-order chi connectivity index (χ0) is 9.68. The van der Waals surface area contributed by atoms with Crippen LogP contribution in [0.5, 0.6) is 0 Å². The second kappa shape index (κ2) is 5.05. The molecule has 0 atom stereocenters. The van der Waals surface area contributed by atoms with Gasteiger partial charge in [-0.25, -0.2) is 0 Å². The maximum Gasteiger partial charge on any atom is 0.225 e. The molecule has 0 bridgehead atoms. The molecule has 0 radical (unpaired) electrons. The summed E-state index contributed by atoms with van der Waals surface area (Å²) in [5.41, 5.74) is 0. The first-order valence-electron chi connectivity index (χ1n) is 5.17. The summed E-state index contributed by atoms with van der Waals surface area (Å²) >= 11 is 0. The number of hydrogen-bond donors (Lipinski definition) is 0. The molecule has 1 saturated heterocycles. The summed E-state index contributed by atoms with van der Waals surface area (Å²) in [6.07, 6.45) is 6.05. The number of likely N-dealkylation sites (tertiary alicyclic amines) is 1. The molecule has 0 unspecified atom stereocenters. The van der Waals surface area contributed by atoms with Gasteiger partial charge in [-0.2, -0.15) is 0 Å². The molecule has 0 aromatic heterocycles. The topological polar surface area (TPSA) is 20.3 Å². The van der Waals surface area contributed by atoms with E-state index in [1.54, 1.807) is 0 Å². The number of piperidine rings is 1. The largest absolute Gasteiger partial charge is 0.342 e. The molecule has 2 aliphatic rings. The molecule has 13 heavy (non-hydrogen) atoms. The maximum atomic E-state index is 11.5. The van der Waals surface area contributed by atoms with Crippen molar-refractivity contribution in [3.05, 3.63) is 13.2 Å². The van der Waals surface area contributed by atoms with Crippen LogP contribution in [0.15, 0.2) is 13.2 Å². The lowest BCUT2D eigenvalue weighted by Crippen LogP contribution is -2.36. The molecule has 1 aliphatic carbocycles. The van der Waals surface area contributed by atoms with Crippen molar-refractivity contribution in [3.63, 3.8) is 0 Å². The second-order valence-electron chi connectivity index (χ2n) is 3.66. The van der Waals surface area contributed by atoms with Crippen LogP contribution in [0.1, 0.15) is 32.1 Å². The summed E-state index contributed by atoms with van der Waals surface area (Å²) in [6.45, 7) is 8.05. The number of hydrogen-bond acceptors (Lipinski definition) is 1. The van der Waals surface area contributed by atoms with E-state index in [2.05, 4.69) is 18.1 Å². The Morgan fingerprint density at radius 2 is 1.62 bits per heavy atom. The highest BCUT2D eigenvalue weighted by molar-refractivity contribution is 5.81. The van der Waals surface area contributed by atoms with Crippen molar-refractivity contribution in [3.8, 4) is 0 Å². The van der Waals surface area contributed by atoms with E-state index in [-0.39, 0.29) is 0 Å². The van der Waals surface area contributed by atoms with E-state index < -0.39 is 0 Å². The summed E-state index contributed by atoms with van der Waals surface area (Å²) in [5, 5.41) is 0. The third-order valence-electron chi connectivity index (χ3n) is 2.59. The lowest BCUT2D eigenvalue weighted by Gasteiger charge is -2.26. The fourth-order valence-electron chi connectivity index (χ4n) is 1.70. The molecular formula is C11H19NO. The lowest BCUT2D eigenvalue weighted by atomic mass is 10.1. The minimum absolute atomic E-state index is 0.424. The number of nitrogens with zero attached hydrogens (tertiary/aromatic N) is 1. The zero-order valence-corrected chi connectivity index (χ0v) is 8.30. The van der Waals surface area contributed by atoms with Gasteiger partial charge in [-0.3, -0.25) is 4.79 Å². The van der Waals surface area contributed by atoms with Crippen LogP contribution < -0.4 is 0 Å². The van der Waals surface area contributed by atoms with Gasteiger partial charge < -0.3 is 4.90 Å². The van der Waals surface area contributed by atoms with Gasteiger partial charge in [0.25, 0.3) is 0 Å². The van der Waals surface area contributed by atoms with E-state index >= 15 is 0 Å². The predicted octanol–water partition coefficient (Wildman–Crippen LogP) is 2.21. The number of amides is 1. The van der Waals surface area contributed by atoms with Gasteiger partial charge >= 0.3 is 0 Å². The molecule has 1 aliphatic heterocycles. The molecule has 2 rings (SSSR count). The standard InChI is InChI=1S/C9H15NO.C2H4/c11-9(8-4-5-8)10-6-2-1-3-7-10;1-2/h8H,1-7H2;1-2H2. The van der Waals surface area contributed by atoms with Crippen molar-refractivity contribution < 1.29 is 4.79 Å². The van der Waals surface area contributed by atoms with Crippen molar-refractivity contribution in [1.82, 2.24) is 4.90 Å². The summed E-state index contributed by atoms with van der Waals surface area (Å²) in [6, 6.07) is 0. The van der Waals surface area contributed by atoms with Crippen LogP contribution in [0.2, 0.25) is 0 Å². The van der Waals surface area contributed by atoms with E-state index in [0.717, 1.165) is 25.9 Å². The van der Waals surface area contributed by atoms with Gasteiger partial charge in [0.2, 0.25) is 5.91 Å². The Hall–Kier alpha value is -0.790. The van der Waals surface area contributed by atoms with Crippen LogP contribution >= 0.6 is 0 Å². The Balaban J connectivity index is 0.000000396. The highest BCUT2D eigenvalue weighted by Gasteiger charge is 2.33. The van der Waals surface area contributed by atoms with E-state index in [1.807, 2.05) is 0 Å². The average molecular weight is 181 g/mol. The molecule has 74 valence electrons. The van der Waals surface area contributed by atoms with Crippen LogP contribution in [0.4, 0.5) is 0 Å². The quantitative estimate of drug-likeness (QED) is 0.568. The van der Waals surface area contributed by atoms with Gasteiger partial charge in [0.05, 0.1) is 0 Å². The van der Waals surface area contributed by atoms with E-state index in [0.29, 0.717) is 11.8 Å². The van der Waals surface area contributed by atoms with Gasteiger partial charge in [-0.1, -0.05) is 0 Å². The van der Waals surface area contributed by atoms with E-state index in [9.17, 15) is 4.79 Å². The van der Waals surface area contributed by atoms with Crippen LogP contribution in [0, 0.1) is 5.92 Å². The van der Waals surface area contributed by atoms with E-state index in [1.165, 1.54) is 19.3 Å². The third kappa shape index (κ3) is 2.87. The zero-order valence-electron chi connectivity index (χ0n) is 8.30. The Bertz CT molecular complexity index is 169. The van der Waals surface area contributed by atoms with Crippen LogP contribution in [-0.4, -0.2) is 23.9 Å².